The Morgan fingerprint density at radius 1 is 1.15 bits per heavy atom. The lowest BCUT2D eigenvalue weighted by Gasteiger charge is -2.14. The number of carbonyl (C=O) groups excluding carboxylic acids is 1. The van der Waals surface area contributed by atoms with Crippen molar-refractivity contribution in [1.82, 2.24) is 4.98 Å². The van der Waals surface area contributed by atoms with Crippen LogP contribution in [0.25, 0.3) is 10.2 Å². The average Bonchev–Trinajstić information content (AvgIpc) is 3.00. The van der Waals surface area contributed by atoms with Crippen LogP contribution in [0.1, 0.15) is 17.5 Å². The quantitative estimate of drug-likeness (QED) is 0.697. The van der Waals surface area contributed by atoms with E-state index >= 15 is 0 Å². The van der Waals surface area contributed by atoms with Gasteiger partial charge in [-0.05, 0) is 49.2 Å². The maximum Gasteiger partial charge on any atom is 0.227 e. The third kappa shape index (κ3) is 3.96. The van der Waals surface area contributed by atoms with Gasteiger partial charge in [-0.2, -0.15) is 0 Å². The number of nitrogens with one attached hydrogen (secondary N) is 1. The van der Waals surface area contributed by atoms with Gasteiger partial charge in [0.2, 0.25) is 5.91 Å². The molecule has 1 atom stereocenters. The van der Waals surface area contributed by atoms with Gasteiger partial charge in [-0.1, -0.05) is 13.0 Å². The molecule has 0 aliphatic heterocycles. The number of anilines is 1. The van der Waals surface area contributed by atoms with E-state index in [-0.39, 0.29) is 11.8 Å². The highest BCUT2D eigenvalue weighted by Crippen LogP contribution is 2.29. The Kier molecular flexibility index (Phi) is 5.42. The Hall–Kier alpha value is -2.60. The van der Waals surface area contributed by atoms with Gasteiger partial charge in [0.1, 0.15) is 0 Å². The first-order valence-electron chi connectivity index (χ1n) is 8.39. The number of rotatable bonds is 6. The van der Waals surface area contributed by atoms with E-state index in [0.717, 1.165) is 26.5 Å². The molecular weight excluding hydrogens is 348 g/mol. The molecule has 3 aromatic rings. The minimum Gasteiger partial charge on any atom is -0.493 e. The van der Waals surface area contributed by atoms with Gasteiger partial charge in [0.05, 0.1) is 29.4 Å². The van der Waals surface area contributed by atoms with Crippen LogP contribution in [0.15, 0.2) is 36.4 Å². The van der Waals surface area contributed by atoms with Crippen LogP contribution in [0.4, 0.5) is 5.69 Å². The lowest BCUT2D eigenvalue weighted by atomic mass is 10.00. The highest BCUT2D eigenvalue weighted by molar-refractivity contribution is 7.18. The fourth-order valence-electron chi connectivity index (χ4n) is 2.84. The molecule has 0 radical (unpaired) electrons. The van der Waals surface area contributed by atoms with Crippen LogP contribution in [-0.2, 0) is 11.2 Å². The summed E-state index contributed by atoms with van der Waals surface area (Å²) in [5.41, 5.74) is 2.71. The molecule has 2 aromatic carbocycles. The highest BCUT2D eigenvalue weighted by atomic mass is 32.1. The van der Waals surface area contributed by atoms with Gasteiger partial charge in [0.25, 0.3) is 0 Å². The maximum absolute atomic E-state index is 12.6. The Morgan fingerprint density at radius 3 is 2.65 bits per heavy atom. The number of nitrogens with zero attached hydrogens (tertiary/aromatic N) is 1. The largest absolute Gasteiger partial charge is 0.493 e. The van der Waals surface area contributed by atoms with Crippen molar-refractivity contribution in [2.75, 3.05) is 19.5 Å². The molecule has 0 fully saturated rings. The van der Waals surface area contributed by atoms with Crippen molar-refractivity contribution >= 4 is 33.1 Å². The second kappa shape index (κ2) is 7.74. The summed E-state index contributed by atoms with van der Waals surface area (Å²) in [6, 6.07) is 11.6. The van der Waals surface area contributed by atoms with Gasteiger partial charge >= 0.3 is 0 Å². The predicted octanol–water partition coefficient (Wildman–Crippen LogP) is 4.44. The number of amides is 1. The van der Waals surface area contributed by atoms with Crippen LogP contribution in [0, 0.1) is 12.8 Å². The molecule has 136 valence electrons. The predicted molar refractivity (Wildman–Crippen MR) is 105 cm³/mol. The molecule has 1 N–H and O–H groups in total. The number of ether oxygens (including phenoxy) is 2. The molecule has 1 aromatic heterocycles. The van der Waals surface area contributed by atoms with E-state index in [1.54, 1.807) is 25.6 Å². The van der Waals surface area contributed by atoms with E-state index in [1.807, 2.05) is 50.2 Å². The van der Waals surface area contributed by atoms with Crippen molar-refractivity contribution in [2.45, 2.75) is 20.3 Å². The van der Waals surface area contributed by atoms with Crippen LogP contribution in [0.5, 0.6) is 11.5 Å². The molecule has 0 saturated carbocycles. The summed E-state index contributed by atoms with van der Waals surface area (Å²) in [6.07, 6.45) is 0.615. The fourth-order valence-corrected chi connectivity index (χ4v) is 3.65. The summed E-state index contributed by atoms with van der Waals surface area (Å²) in [7, 11) is 3.21. The minimum absolute atomic E-state index is 0.0221. The zero-order valence-electron chi connectivity index (χ0n) is 15.3. The number of carbonyl (C=O) groups is 1. The lowest BCUT2D eigenvalue weighted by molar-refractivity contribution is -0.119. The summed E-state index contributed by atoms with van der Waals surface area (Å²) in [6.45, 7) is 3.89. The van der Waals surface area contributed by atoms with E-state index < -0.39 is 0 Å². The number of aryl methyl sites for hydroxylation is 1. The molecule has 1 heterocycles. The summed E-state index contributed by atoms with van der Waals surface area (Å²) in [4.78, 5) is 17.0. The van der Waals surface area contributed by atoms with E-state index in [9.17, 15) is 4.79 Å². The first-order valence-corrected chi connectivity index (χ1v) is 9.20. The Morgan fingerprint density at radius 2 is 1.92 bits per heavy atom. The molecule has 6 heteroatoms. The fraction of sp³-hybridized carbons (Fsp3) is 0.300. The van der Waals surface area contributed by atoms with Gasteiger partial charge in [-0.25, -0.2) is 4.98 Å². The second-order valence-corrected chi connectivity index (χ2v) is 7.43. The number of thiazole rings is 1. The van der Waals surface area contributed by atoms with Crippen molar-refractivity contribution in [2.24, 2.45) is 5.92 Å². The second-order valence-electron chi connectivity index (χ2n) is 6.20. The molecule has 0 aliphatic carbocycles. The Balaban J connectivity index is 1.68. The molecule has 0 aliphatic rings. The molecule has 0 bridgehead atoms. The van der Waals surface area contributed by atoms with E-state index in [0.29, 0.717) is 17.9 Å². The first-order chi connectivity index (χ1) is 12.5. The van der Waals surface area contributed by atoms with Crippen LogP contribution in [-0.4, -0.2) is 25.1 Å². The number of hydrogen-bond acceptors (Lipinski definition) is 5. The lowest BCUT2D eigenvalue weighted by Crippen LogP contribution is -2.22. The molecular formula is C20H22N2O3S. The Bertz CT molecular complexity index is 936. The SMILES string of the molecule is COc1ccc(CC(C)C(=O)Nc2ccc3sc(C)nc3c2)cc1OC. The van der Waals surface area contributed by atoms with Crippen molar-refractivity contribution < 1.29 is 14.3 Å². The zero-order chi connectivity index (χ0) is 18.7. The van der Waals surface area contributed by atoms with Gasteiger partial charge in [0.15, 0.2) is 11.5 Å². The summed E-state index contributed by atoms with van der Waals surface area (Å²) >= 11 is 1.65. The maximum atomic E-state index is 12.6. The number of benzene rings is 2. The summed E-state index contributed by atoms with van der Waals surface area (Å²) < 4.78 is 11.7. The number of aromatic nitrogens is 1. The Labute approximate surface area is 157 Å². The molecule has 26 heavy (non-hydrogen) atoms. The van der Waals surface area contributed by atoms with Gasteiger partial charge in [0, 0.05) is 11.6 Å². The third-order valence-corrected chi connectivity index (χ3v) is 5.15. The van der Waals surface area contributed by atoms with Crippen molar-refractivity contribution in [3.05, 3.63) is 47.0 Å². The third-order valence-electron chi connectivity index (χ3n) is 4.20. The summed E-state index contributed by atoms with van der Waals surface area (Å²) in [5.74, 6) is 1.15. The smallest absolute Gasteiger partial charge is 0.227 e. The van der Waals surface area contributed by atoms with Crippen LogP contribution in [0.3, 0.4) is 0 Å². The number of methoxy groups -OCH3 is 2. The normalized spacial score (nSPS) is 12.0. The molecule has 5 nitrogen and oxygen atoms in total. The van der Waals surface area contributed by atoms with Crippen LogP contribution < -0.4 is 14.8 Å². The van der Waals surface area contributed by atoms with Gasteiger partial charge < -0.3 is 14.8 Å². The molecule has 1 amide bonds. The average molecular weight is 370 g/mol. The molecule has 0 spiro atoms. The topological polar surface area (TPSA) is 60.5 Å². The minimum atomic E-state index is -0.180. The van der Waals surface area contributed by atoms with E-state index in [2.05, 4.69) is 10.3 Å². The molecule has 3 rings (SSSR count). The standard InChI is InChI=1S/C20H22N2O3S/c1-12(9-14-5-7-17(24-3)18(10-14)25-4)20(23)22-15-6-8-19-16(11-15)21-13(2)26-19/h5-8,10-12H,9H2,1-4H3,(H,22,23). The van der Waals surface area contributed by atoms with Gasteiger partial charge in [-0.15, -0.1) is 11.3 Å². The molecule has 0 saturated heterocycles. The molecule has 1 unspecified atom stereocenters. The zero-order valence-corrected chi connectivity index (χ0v) is 16.1. The summed E-state index contributed by atoms with van der Waals surface area (Å²) in [5, 5.41) is 4.00. The highest BCUT2D eigenvalue weighted by Gasteiger charge is 2.16. The van der Waals surface area contributed by atoms with Crippen LogP contribution in [0.2, 0.25) is 0 Å². The first kappa shape index (κ1) is 18.2. The van der Waals surface area contributed by atoms with Crippen molar-refractivity contribution in [1.29, 1.82) is 0 Å². The van der Waals surface area contributed by atoms with Crippen molar-refractivity contribution in [3.8, 4) is 11.5 Å². The number of fused-ring (bicyclic) bond motifs is 1. The van der Waals surface area contributed by atoms with Crippen LogP contribution >= 0.6 is 11.3 Å². The van der Waals surface area contributed by atoms with Crippen molar-refractivity contribution in [3.63, 3.8) is 0 Å². The van der Waals surface area contributed by atoms with Gasteiger partial charge in [-0.3, -0.25) is 4.79 Å². The number of hydrogen-bond donors (Lipinski definition) is 1. The van der Waals surface area contributed by atoms with E-state index in [4.69, 9.17) is 9.47 Å². The van der Waals surface area contributed by atoms with E-state index in [1.165, 1.54) is 0 Å². The monoisotopic (exact) mass is 370 g/mol.